The number of nitrogens with zero attached hydrogens (tertiary/aromatic N) is 1. The Labute approximate surface area is 111 Å². The van der Waals surface area contributed by atoms with Gasteiger partial charge in [0.2, 0.25) is 0 Å². The van der Waals surface area contributed by atoms with E-state index in [0.717, 1.165) is 6.42 Å². The van der Waals surface area contributed by atoms with E-state index in [0.29, 0.717) is 5.92 Å². The molecule has 0 aromatic heterocycles. The summed E-state index contributed by atoms with van der Waals surface area (Å²) >= 11 is 0. The van der Waals surface area contributed by atoms with Crippen molar-refractivity contribution in [3.63, 3.8) is 0 Å². The van der Waals surface area contributed by atoms with Gasteiger partial charge in [-0.2, -0.15) is 0 Å². The SMILES string of the molecule is CC(O)Cc1cccc(C2CCCN(C)CC2)c1. The van der Waals surface area contributed by atoms with Crippen molar-refractivity contribution in [2.45, 2.75) is 44.6 Å². The second kappa shape index (κ2) is 6.35. The van der Waals surface area contributed by atoms with Crippen LogP contribution >= 0.6 is 0 Å². The maximum absolute atomic E-state index is 9.48. The lowest BCUT2D eigenvalue weighted by Gasteiger charge is -2.16. The van der Waals surface area contributed by atoms with Gasteiger partial charge in [0.25, 0.3) is 0 Å². The zero-order valence-electron chi connectivity index (χ0n) is 11.6. The Bertz CT molecular complexity index is 375. The Morgan fingerprint density at radius 2 is 2.17 bits per heavy atom. The van der Waals surface area contributed by atoms with E-state index in [9.17, 15) is 5.11 Å². The number of aliphatic hydroxyl groups is 1. The van der Waals surface area contributed by atoms with Crippen LogP contribution in [0.5, 0.6) is 0 Å². The van der Waals surface area contributed by atoms with Crippen LogP contribution in [0, 0.1) is 0 Å². The molecule has 1 N–H and O–H groups in total. The highest BCUT2D eigenvalue weighted by atomic mass is 16.3. The second-order valence-corrected chi connectivity index (χ2v) is 5.73. The molecule has 0 radical (unpaired) electrons. The summed E-state index contributed by atoms with van der Waals surface area (Å²) in [6.07, 6.45) is 4.36. The topological polar surface area (TPSA) is 23.5 Å². The lowest BCUT2D eigenvalue weighted by atomic mass is 9.90. The van der Waals surface area contributed by atoms with Crippen molar-refractivity contribution in [1.82, 2.24) is 4.90 Å². The second-order valence-electron chi connectivity index (χ2n) is 5.73. The zero-order valence-corrected chi connectivity index (χ0v) is 11.6. The smallest absolute Gasteiger partial charge is 0.0552 e. The average Bonchev–Trinajstić information content (AvgIpc) is 2.53. The first-order valence-electron chi connectivity index (χ1n) is 7.10. The molecule has 0 amide bonds. The van der Waals surface area contributed by atoms with Gasteiger partial charge in [-0.05, 0) is 69.8 Å². The number of hydrogen-bond acceptors (Lipinski definition) is 2. The van der Waals surface area contributed by atoms with Gasteiger partial charge in [-0.1, -0.05) is 24.3 Å². The van der Waals surface area contributed by atoms with Gasteiger partial charge in [-0.25, -0.2) is 0 Å². The van der Waals surface area contributed by atoms with Crippen molar-refractivity contribution in [3.8, 4) is 0 Å². The van der Waals surface area contributed by atoms with Gasteiger partial charge in [0.05, 0.1) is 6.10 Å². The predicted molar refractivity (Wildman–Crippen MR) is 75.9 cm³/mol. The molecule has 0 spiro atoms. The Morgan fingerprint density at radius 3 is 2.94 bits per heavy atom. The van der Waals surface area contributed by atoms with E-state index in [1.807, 2.05) is 6.92 Å². The minimum Gasteiger partial charge on any atom is -0.393 e. The highest BCUT2D eigenvalue weighted by Crippen LogP contribution is 2.28. The van der Waals surface area contributed by atoms with Crippen LogP contribution in [-0.4, -0.2) is 36.2 Å². The maximum atomic E-state index is 9.48. The molecule has 0 aliphatic carbocycles. The molecule has 1 aliphatic heterocycles. The van der Waals surface area contributed by atoms with Gasteiger partial charge in [0.1, 0.15) is 0 Å². The highest BCUT2D eigenvalue weighted by molar-refractivity contribution is 5.27. The first kappa shape index (κ1) is 13.6. The van der Waals surface area contributed by atoms with Crippen LogP contribution in [0.25, 0.3) is 0 Å². The molecule has 1 aromatic rings. The van der Waals surface area contributed by atoms with Crippen LogP contribution in [0.3, 0.4) is 0 Å². The van der Waals surface area contributed by atoms with E-state index in [2.05, 4.69) is 36.2 Å². The third-order valence-electron chi connectivity index (χ3n) is 3.91. The van der Waals surface area contributed by atoms with Crippen molar-refractivity contribution in [1.29, 1.82) is 0 Å². The molecule has 0 saturated carbocycles. The molecule has 2 unspecified atom stereocenters. The fraction of sp³-hybridized carbons (Fsp3) is 0.625. The summed E-state index contributed by atoms with van der Waals surface area (Å²) in [5.41, 5.74) is 2.73. The van der Waals surface area contributed by atoms with Crippen molar-refractivity contribution in [2.24, 2.45) is 0 Å². The minimum absolute atomic E-state index is 0.250. The fourth-order valence-electron chi connectivity index (χ4n) is 2.89. The van der Waals surface area contributed by atoms with Crippen LogP contribution in [0.4, 0.5) is 0 Å². The molecule has 1 aromatic carbocycles. The Balaban J connectivity index is 2.07. The van der Waals surface area contributed by atoms with E-state index in [-0.39, 0.29) is 6.10 Å². The monoisotopic (exact) mass is 247 g/mol. The van der Waals surface area contributed by atoms with E-state index in [4.69, 9.17) is 0 Å². The standard InChI is InChI=1S/C16H25NO/c1-13(18)11-14-5-3-6-16(12-14)15-7-4-9-17(2)10-8-15/h3,5-6,12-13,15,18H,4,7-11H2,1-2H3. The molecule has 1 saturated heterocycles. The largest absolute Gasteiger partial charge is 0.393 e. The summed E-state index contributed by atoms with van der Waals surface area (Å²) in [7, 11) is 2.21. The van der Waals surface area contributed by atoms with E-state index in [1.54, 1.807) is 0 Å². The molecule has 2 nitrogen and oxygen atoms in total. The minimum atomic E-state index is -0.250. The van der Waals surface area contributed by atoms with Gasteiger partial charge < -0.3 is 10.0 Å². The third kappa shape index (κ3) is 3.82. The van der Waals surface area contributed by atoms with E-state index >= 15 is 0 Å². The van der Waals surface area contributed by atoms with E-state index < -0.39 is 0 Å². The lowest BCUT2D eigenvalue weighted by molar-refractivity contribution is 0.195. The number of hydrogen-bond donors (Lipinski definition) is 1. The molecule has 100 valence electrons. The summed E-state index contributed by atoms with van der Waals surface area (Å²) in [6, 6.07) is 8.81. The van der Waals surface area contributed by atoms with Crippen LogP contribution in [-0.2, 0) is 6.42 Å². The fourth-order valence-corrected chi connectivity index (χ4v) is 2.89. The summed E-state index contributed by atoms with van der Waals surface area (Å²) in [5, 5.41) is 9.48. The zero-order chi connectivity index (χ0) is 13.0. The maximum Gasteiger partial charge on any atom is 0.0552 e. The van der Waals surface area contributed by atoms with Crippen LogP contribution in [0.1, 0.15) is 43.2 Å². The van der Waals surface area contributed by atoms with Crippen molar-refractivity contribution >= 4 is 0 Å². The summed E-state index contributed by atoms with van der Waals surface area (Å²) < 4.78 is 0. The number of likely N-dealkylation sites (tertiary alicyclic amines) is 1. The first-order chi connectivity index (χ1) is 8.65. The van der Waals surface area contributed by atoms with Gasteiger partial charge >= 0.3 is 0 Å². The summed E-state index contributed by atoms with van der Waals surface area (Å²) in [5.74, 6) is 0.698. The summed E-state index contributed by atoms with van der Waals surface area (Å²) in [4.78, 5) is 2.43. The average molecular weight is 247 g/mol. The molecule has 1 aliphatic rings. The molecular formula is C16H25NO. The molecule has 18 heavy (non-hydrogen) atoms. The Hall–Kier alpha value is -0.860. The van der Waals surface area contributed by atoms with Gasteiger partial charge in [0, 0.05) is 0 Å². The molecule has 1 fully saturated rings. The third-order valence-corrected chi connectivity index (χ3v) is 3.91. The molecule has 2 rings (SSSR count). The van der Waals surface area contributed by atoms with E-state index in [1.165, 1.54) is 43.5 Å². The number of aliphatic hydroxyl groups excluding tert-OH is 1. The first-order valence-corrected chi connectivity index (χ1v) is 7.10. The van der Waals surface area contributed by atoms with Crippen LogP contribution < -0.4 is 0 Å². The highest BCUT2D eigenvalue weighted by Gasteiger charge is 2.16. The molecule has 2 atom stereocenters. The van der Waals surface area contributed by atoms with Gasteiger partial charge in [-0.3, -0.25) is 0 Å². The van der Waals surface area contributed by atoms with Crippen molar-refractivity contribution in [2.75, 3.05) is 20.1 Å². The Morgan fingerprint density at radius 1 is 1.33 bits per heavy atom. The summed E-state index contributed by atoms with van der Waals surface area (Å²) in [6.45, 7) is 4.28. The Kier molecular flexibility index (Phi) is 4.79. The quantitative estimate of drug-likeness (QED) is 0.888. The lowest BCUT2D eigenvalue weighted by Crippen LogP contribution is -2.18. The number of benzene rings is 1. The predicted octanol–water partition coefficient (Wildman–Crippen LogP) is 2.81. The van der Waals surface area contributed by atoms with Gasteiger partial charge in [0.15, 0.2) is 0 Å². The van der Waals surface area contributed by atoms with Gasteiger partial charge in [-0.15, -0.1) is 0 Å². The molecule has 1 heterocycles. The van der Waals surface area contributed by atoms with Crippen molar-refractivity contribution in [3.05, 3.63) is 35.4 Å². The molecular weight excluding hydrogens is 222 g/mol. The number of rotatable bonds is 3. The van der Waals surface area contributed by atoms with Crippen molar-refractivity contribution < 1.29 is 5.11 Å². The normalized spacial score (nSPS) is 23.6. The molecule has 0 bridgehead atoms. The van der Waals surface area contributed by atoms with Crippen LogP contribution in [0.2, 0.25) is 0 Å². The molecule has 2 heteroatoms. The van der Waals surface area contributed by atoms with Crippen LogP contribution in [0.15, 0.2) is 24.3 Å².